The molecule has 0 saturated heterocycles. The summed E-state index contributed by atoms with van der Waals surface area (Å²) in [6.45, 7) is 1.06. The van der Waals surface area contributed by atoms with Crippen LogP contribution in [0.4, 0.5) is 5.69 Å². The van der Waals surface area contributed by atoms with Crippen LogP contribution in [-0.4, -0.2) is 83.2 Å². The SMILES string of the molecule is CC(=O)CNC(=O)[C@@H]1CCOc2ccc([N+](=O)[O-])cc2C(=O)N[C@@H](CCC(=O)O)C(=O)N[C@@H](CCCCN)C(=O)N1.Cl. The molecular formula is C25H35ClN6O10. The summed E-state index contributed by atoms with van der Waals surface area (Å²) in [5.74, 6) is -4.95. The summed E-state index contributed by atoms with van der Waals surface area (Å²) in [5.41, 5.74) is 4.80. The van der Waals surface area contributed by atoms with Gasteiger partial charge in [-0.1, -0.05) is 0 Å². The van der Waals surface area contributed by atoms with Crippen molar-refractivity contribution in [2.24, 2.45) is 5.73 Å². The Balaban J connectivity index is 0.00000882. The lowest BCUT2D eigenvalue weighted by atomic mass is 10.0. The first-order valence-corrected chi connectivity index (χ1v) is 12.9. The molecule has 0 radical (unpaired) electrons. The molecule has 0 aliphatic carbocycles. The number of carbonyl (C=O) groups is 6. The molecule has 1 aromatic carbocycles. The van der Waals surface area contributed by atoms with Crippen LogP contribution in [0.15, 0.2) is 18.2 Å². The number of halogens is 1. The predicted octanol–water partition coefficient (Wildman–Crippen LogP) is -0.434. The average molecular weight is 615 g/mol. The number of Topliss-reactive ketones (excluding diaryl/α,β-unsaturated/α-hetero) is 1. The smallest absolute Gasteiger partial charge is 0.303 e. The zero-order chi connectivity index (χ0) is 30.5. The number of non-ortho nitro benzene ring substituents is 1. The van der Waals surface area contributed by atoms with Gasteiger partial charge in [0.1, 0.15) is 29.7 Å². The van der Waals surface area contributed by atoms with E-state index in [1.54, 1.807) is 0 Å². The number of fused-ring (bicyclic) bond motifs is 1. The number of carboxylic acids is 1. The maximum Gasteiger partial charge on any atom is 0.303 e. The first kappa shape index (κ1) is 35.7. The van der Waals surface area contributed by atoms with Gasteiger partial charge in [-0.3, -0.25) is 38.9 Å². The highest BCUT2D eigenvalue weighted by atomic mass is 35.5. The van der Waals surface area contributed by atoms with E-state index in [1.807, 2.05) is 0 Å². The minimum absolute atomic E-state index is 0. The molecule has 4 amide bonds. The highest BCUT2D eigenvalue weighted by Crippen LogP contribution is 2.25. The molecule has 232 valence electrons. The van der Waals surface area contributed by atoms with Crippen molar-refractivity contribution in [2.75, 3.05) is 19.7 Å². The predicted molar refractivity (Wildman–Crippen MR) is 149 cm³/mol. The fraction of sp³-hybridized carbons (Fsp3) is 0.520. The third-order valence-electron chi connectivity index (χ3n) is 6.08. The van der Waals surface area contributed by atoms with Gasteiger partial charge < -0.3 is 36.8 Å². The van der Waals surface area contributed by atoms with Crippen LogP contribution < -0.4 is 31.7 Å². The molecule has 16 nitrogen and oxygen atoms in total. The molecule has 0 fully saturated rings. The highest BCUT2D eigenvalue weighted by molar-refractivity contribution is 6.01. The van der Waals surface area contributed by atoms with E-state index in [-0.39, 0.29) is 61.9 Å². The number of nitro benzene ring substituents is 1. The average Bonchev–Trinajstić information content (AvgIpc) is 2.91. The Labute approximate surface area is 247 Å². The summed E-state index contributed by atoms with van der Waals surface area (Å²) < 4.78 is 5.66. The maximum absolute atomic E-state index is 13.2. The van der Waals surface area contributed by atoms with E-state index in [1.165, 1.54) is 13.0 Å². The first-order chi connectivity index (χ1) is 19.4. The van der Waals surface area contributed by atoms with E-state index in [0.717, 1.165) is 12.1 Å². The summed E-state index contributed by atoms with van der Waals surface area (Å²) in [6, 6.07) is -0.628. The fourth-order valence-electron chi connectivity index (χ4n) is 3.90. The van der Waals surface area contributed by atoms with Crippen LogP contribution in [0.25, 0.3) is 0 Å². The molecular weight excluding hydrogens is 580 g/mol. The van der Waals surface area contributed by atoms with E-state index in [2.05, 4.69) is 21.3 Å². The molecule has 0 unspecified atom stereocenters. The number of nitrogens with zero attached hydrogens (tertiary/aromatic N) is 1. The second kappa shape index (κ2) is 17.5. The van der Waals surface area contributed by atoms with Crippen LogP contribution in [0, 0.1) is 10.1 Å². The molecule has 0 aromatic heterocycles. The Hall–Kier alpha value is -4.31. The molecule has 2 rings (SSSR count). The number of nitrogens with one attached hydrogen (secondary N) is 4. The number of carbonyl (C=O) groups excluding carboxylic acids is 5. The Morgan fingerprint density at radius 1 is 1.10 bits per heavy atom. The van der Waals surface area contributed by atoms with Crippen LogP contribution in [-0.2, 0) is 24.0 Å². The standard InChI is InChI=1S/C25H34N6O10.ClH/c1-14(32)13-27-23(36)19-9-11-41-20-7-5-15(31(39)40)12-16(20)22(35)28-18(6-8-21(33)34)25(38)29-17(24(37)30-19)4-2-3-10-26;/h5,7,12,17-19H,2-4,6,8-11,13,26H2,1H3,(H,27,36)(H,28,35)(H,29,38)(H,30,37)(H,33,34);1H/t17-,18-,19-;/m0./s1. The minimum atomic E-state index is -1.44. The van der Waals surface area contributed by atoms with E-state index >= 15 is 0 Å². The van der Waals surface area contributed by atoms with Crippen LogP contribution in [0.3, 0.4) is 0 Å². The quantitative estimate of drug-likeness (QED) is 0.106. The topological polar surface area (TPSA) is 249 Å². The summed E-state index contributed by atoms with van der Waals surface area (Å²) in [6.07, 6.45) is 0.0530. The minimum Gasteiger partial charge on any atom is -0.493 e. The van der Waals surface area contributed by atoms with Gasteiger partial charge in [-0.15, -0.1) is 12.4 Å². The van der Waals surface area contributed by atoms with Crippen molar-refractivity contribution in [1.29, 1.82) is 0 Å². The number of hydrogen-bond donors (Lipinski definition) is 6. The Bertz CT molecular complexity index is 1180. The first-order valence-electron chi connectivity index (χ1n) is 12.9. The van der Waals surface area contributed by atoms with Gasteiger partial charge in [0.25, 0.3) is 11.6 Å². The summed E-state index contributed by atoms with van der Waals surface area (Å²) >= 11 is 0. The number of carboxylic acid groups (broad SMARTS) is 1. The van der Waals surface area contributed by atoms with Crippen molar-refractivity contribution in [2.45, 2.75) is 63.6 Å². The number of rotatable bonds is 11. The van der Waals surface area contributed by atoms with Gasteiger partial charge in [-0.2, -0.15) is 0 Å². The number of nitro groups is 1. The molecule has 0 saturated carbocycles. The molecule has 3 atom stereocenters. The second-order valence-corrected chi connectivity index (χ2v) is 9.36. The monoisotopic (exact) mass is 614 g/mol. The van der Waals surface area contributed by atoms with Crippen molar-refractivity contribution in [3.05, 3.63) is 33.9 Å². The number of benzene rings is 1. The molecule has 1 heterocycles. The zero-order valence-corrected chi connectivity index (χ0v) is 23.7. The summed E-state index contributed by atoms with van der Waals surface area (Å²) in [4.78, 5) is 85.7. The van der Waals surface area contributed by atoms with E-state index in [0.29, 0.717) is 19.4 Å². The van der Waals surface area contributed by atoms with Crippen LogP contribution in [0.2, 0.25) is 0 Å². The Kier molecular flexibility index (Phi) is 14.9. The normalized spacial score (nSPS) is 19.3. The second-order valence-electron chi connectivity index (χ2n) is 9.36. The lowest BCUT2D eigenvalue weighted by molar-refractivity contribution is -0.384. The molecule has 17 heteroatoms. The fourth-order valence-corrected chi connectivity index (χ4v) is 3.90. The van der Waals surface area contributed by atoms with Crippen molar-refractivity contribution in [3.63, 3.8) is 0 Å². The lowest BCUT2D eigenvalue weighted by Crippen LogP contribution is -2.57. The number of ether oxygens (including phenoxy) is 1. The van der Waals surface area contributed by atoms with Gasteiger partial charge in [0, 0.05) is 25.0 Å². The largest absolute Gasteiger partial charge is 0.493 e. The Morgan fingerprint density at radius 3 is 2.38 bits per heavy atom. The van der Waals surface area contributed by atoms with Gasteiger partial charge in [-0.25, -0.2) is 0 Å². The van der Waals surface area contributed by atoms with Gasteiger partial charge >= 0.3 is 5.97 Å². The summed E-state index contributed by atoms with van der Waals surface area (Å²) in [5, 5.41) is 30.4. The molecule has 7 N–H and O–H groups in total. The number of aliphatic carboxylic acids is 1. The number of ketones is 1. The summed E-state index contributed by atoms with van der Waals surface area (Å²) in [7, 11) is 0. The third-order valence-corrected chi connectivity index (χ3v) is 6.08. The van der Waals surface area contributed by atoms with Crippen molar-refractivity contribution >= 4 is 53.5 Å². The van der Waals surface area contributed by atoms with Crippen molar-refractivity contribution in [3.8, 4) is 5.75 Å². The Morgan fingerprint density at radius 2 is 1.76 bits per heavy atom. The molecule has 1 aliphatic heterocycles. The molecule has 1 aliphatic rings. The number of hydrogen-bond acceptors (Lipinski definition) is 10. The molecule has 1 aromatic rings. The van der Waals surface area contributed by atoms with Gasteiger partial charge in [0.15, 0.2) is 0 Å². The maximum atomic E-state index is 13.2. The van der Waals surface area contributed by atoms with Crippen molar-refractivity contribution in [1.82, 2.24) is 21.3 Å². The number of unbranched alkanes of at least 4 members (excludes halogenated alkanes) is 1. The number of nitrogens with two attached hydrogens (primary N) is 1. The molecule has 0 bridgehead atoms. The third kappa shape index (κ3) is 11.3. The van der Waals surface area contributed by atoms with E-state index in [9.17, 15) is 38.9 Å². The lowest BCUT2D eigenvalue weighted by Gasteiger charge is -2.26. The number of amides is 4. The van der Waals surface area contributed by atoms with Crippen LogP contribution in [0.5, 0.6) is 5.75 Å². The van der Waals surface area contributed by atoms with Gasteiger partial charge in [0.05, 0.1) is 23.6 Å². The highest BCUT2D eigenvalue weighted by Gasteiger charge is 2.31. The van der Waals surface area contributed by atoms with E-state index < -0.39 is 64.8 Å². The zero-order valence-electron chi connectivity index (χ0n) is 22.9. The van der Waals surface area contributed by atoms with Crippen molar-refractivity contribution < 1.29 is 43.5 Å². The molecule has 0 spiro atoms. The van der Waals surface area contributed by atoms with E-state index in [4.69, 9.17) is 15.6 Å². The van der Waals surface area contributed by atoms with Crippen LogP contribution >= 0.6 is 12.4 Å². The van der Waals surface area contributed by atoms with Gasteiger partial charge in [-0.05, 0) is 45.2 Å². The molecule has 42 heavy (non-hydrogen) atoms. The van der Waals surface area contributed by atoms with Gasteiger partial charge in [0.2, 0.25) is 17.7 Å². The van der Waals surface area contributed by atoms with Crippen LogP contribution in [0.1, 0.15) is 55.8 Å².